The average Bonchev–Trinajstić information content (AvgIpc) is 2.32. The van der Waals surface area contributed by atoms with Crippen LogP contribution in [0.3, 0.4) is 0 Å². The van der Waals surface area contributed by atoms with Crippen molar-refractivity contribution in [1.29, 1.82) is 0 Å². The summed E-state index contributed by atoms with van der Waals surface area (Å²) in [6.07, 6.45) is 0. The van der Waals surface area contributed by atoms with Gasteiger partial charge in [-0.05, 0) is 18.6 Å². The van der Waals surface area contributed by atoms with Crippen LogP contribution in [0.5, 0.6) is 5.75 Å². The number of ether oxygens (including phenoxy) is 2. The van der Waals surface area contributed by atoms with Gasteiger partial charge in [-0.25, -0.2) is 13.6 Å². The first-order chi connectivity index (χ1) is 9.29. The van der Waals surface area contributed by atoms with Crippen molar-refractivity contribution in [1.82, 2.24) is 0 Å². The topological polar surface area (TPSA) is 122 Å². The second-order valence-corrected chi connectivity index (χ2v) is 5.79. The Morgan fingerprint density at radius 1 is 1.30 bits per heavy atom. The number of nitro groups is 1. The Bertz CT molecular complexity index is 572. The quantitative estimate of drug-likeness (QED) is 0.426. The van der Waals surface area contributed by atoms with E-state index in [0.717, 1.165) is 5.56 Å². The molecule has 9 heteroatoms. The molecule has 0 aliphatic rings. The van der Waals surface area contributed by atoms with Crippen LogP contribution in [0.15, 0.2) is 18.2 Å². The lowest BCUT2D eigenvalue weighted by atomic mass is 10.2. The number of nitrogens with zero attached hydrogens (tertiary/aromatic N) is 1. The minimum Gasteiger partial charge on any atom is -0.484 e. The Kier molecular flexibility index (Phi) is 5.86. The third-order valence-corrected chi connectivity index (χ3v) is 3.05. The molecule has 112 valence electrons. The fourth-order valence-electron chi connectivity index (χ4n) is 1.38. The maximum absolute atomic E-state index is 10.8. The highest BCUT2D eigenvalue weighted by atomic mass is 32.2. The molecule has 1 aromatic carbocycles. The first kappa shape index (κ1) is 16.3. The summed E-state index contributed by atoms with van der Waals surface area (Å²) < 4.78 is 31.5. The average molecular weight is 304 g/mol. The van der Waals surface area contributed by atoms with Gasteiger partial charge in [0, 0.05) is 6.07 Å². The summed E-state index contributed by atoms with van der Waals surface area (Å²) >= 11 is 0. The van der Waals surface area contributed by atoms with Crippen molar-refractivity contribution in [3.63, 3.8) is 0 Å². The molecule has 0 unspecified atom stereocenters. The second kappa shape index (κ2) is 7.17. The van der Waals surface area contributed by atoms with Crippen LogP contribution in [0.25, 0.3) is 0 Å². The summed E-state index contributed by atoms with van der Waals surface area (Å²) in [6, 6.07) is 4.54. The number of sulfonamides is 1. The van der Waals surface area contributed by atoms with Crippen LogP contribution in [-0.2, 0) is 14.8 Å². The zero-order valence-electron chi connectivity index (χ0n) is 10.9. The molecule has 0 aromatic heterocycles. The molecule has 0 saturated heterocycles. The molecule has 0 heterocycles. The van der Waals surface area contributed by atoms with E-state index in [4.69, 9.17) is 14.6 Å². The van der Waals surface area contributed by atoms with E-state index in [1.165, 1.54) is 6.07 Å². The largest absolute Gasteiger partial charge is 0.484 e. The Balaban J connectivity index is 2.42. The number of rotatable bonds is 8. The highest BCUT2D eigenvalue weighted by Crippen LogP contribution is 2.27. The number of nitro benzene ring substituents is 1. The van der Waals surface area contributed by atoms with Gasteiger partial charge in [0.1, 0.15) is 6.61 Å². The molecular weight excluding hydrogens is 288 g/mol. The second-order valence-electron chi connectivity index (χ2n) is 4.06. The van der Waals surface area contributed by atoms with Crippen molar-refractivity contribution in [3.8, 4) is 5.75 Å². The van der Waals surface area contributed by atoms with Crippen molar-refractivity contribution < 1.29 is 22.8 Å². The van der Waals surface area contributed by atoms with Crippen molar-refractivity contribution in [2.75, 3.05) is 25.6 Å². The van der Waals surface area contributed by atoms with Gasteiger partial charge in [-0.3, -0.25) is 10.1 Å². The lowest BCUT2D eigenvalue weighted by Gasteiger charge is -2.08. The summed E-state index contributed by atoms with van der Waals surface area (Å²) in [5, 5.41) is 15.6. The van der Waals surface area contributed by atoms with Crippen LogP contribution in [0.1, 0.15) is 5.56 Å². The van der Waals surface area contributed by atoms with E-state index < -0.39 is 14.9 Å². The van der Waals surface area contributed by atoms with Crippen LogP contribution in [0.2, 0.25) is 0 Å². The molecule has 2 N–H and O–H groups in total. The maximum Gasteiger partial charge on any atom is 0.310 e. The van der Waals surface area contributed by atoms with E-state index in [-0.39, 0.29) is 37.0 Å². The molecule has 20 heavy (non-hydrogen) atoms. The van der Waals surface area contributed by atoms with E-state index in [9.17, 15) is 18.5 Å². The van der Waals surface area contributed by atoms with Gasteiger partial charge in [0.2, 0.25) is 10.0 Å². The van der Waals surface area contributed by atoms with Crippen molar-refractivity contribution in [2.45, 2.75) is 6.92 Å². The van der Waals surface area contributed by atoms with E-state index in [0.29, 0.717) is 0 Å². The Morgan fingerprint density at radius 2 is 2.00 bits per heavy atom. The lowest BCUT2D eigenvalue weighted by Crippen LogP contribution is -2.21. The normalized spacial score (nSPS) is 11.3. The summed E-state index contributed by atoms with van der Waals surface area (Å²) in [7, 11) is -3.54. The number of hydrogen-bond acceptors (Lipinski definition) is 6. The summed E-state index contributed by atoms with van der Waals surface area (Å²) in [5.74, 6) is -0.123. The smallest absolute Gasteiger partial charge is 0.310 e. The van der Waals surface area contributed by atoms with Crippen LogP contribution in [0, 0.1) is 17.0 Å². The lowest BCUT2D eigenvalue weighted by molar-refractivity contribution is -0.385. The maximum atomic E-state index is 10.8. The third kappa shape index (κ3) is 5.95. The molecule has 8 nitrogen and oxygen atoms in total. The van der Waals surface area contributed by atoms with Crippen molar-refractivity contribution in [3.05, 3.63) is 33.9 Å². The van der Waals surface area contributed by atoms with Gasteiger partial charge < -0.3 is 9.47 Å². The molecule has 1 rings (SSSR count). The standard InChI is InChI=1S/C11H16N2O6S/c1-9-2-3-10(13(14)15)11(8-9)19-5-4-18-6-7-20(12,16)17/h2-3,8H,4-7H2,1H3,(H2,12,16,17). The van der Waals surface area contributed by atoms with Gasteiger partial charge in [-0.15, -0.1) is 0 Å². The third-order valence-electron chi connectivity index (χ3n) is 2.31. The van der Waals surface area contributed by atoms with E-state index >= 15 is 0 Å². The van der Waals surface area contributed by atoms with Crippen molar-refractivity contribution >= 4 is 15.7 Å². The zero-order chi connectivity index (χ0) is 15.2. The van der Waals surface area contributed by atoms with Gasteiger partial charge in [-0.2, -0.15) is 0 Å². The monoisotopic (exact) mass is 304 g/mol. The Labute approximate surface area is 116 Å². The molecule has 0 radical (unpaired) electrons. The first-order valence-corrected chi connectivity index (χ1v) is 7.47. The molecule has 0 spiro atoms. The van der Waals surface area contributed by atoms with Gasteiger partial charge >= 0.3 is 5.69 Å². The molecule has 0 bridgehead atoms. The number of primary sulfonamides is 1. The van der Waals surface area contributed by atoms with E-state index in [1.807, 2.05) is 0 Å². The van der Waals surface area contributed by atoms with Gasteiger partial charge in [0.15, 0.2) is 5.75 Å². The van der Waals surface area contributed by atoms with Gasteiger partial charge in [0.25, 0.3) is 0 Å². The van der Waals surface area contributed by atoms with Crippen LogP contribution in [0.4, 0.5) is 5.69 Å². The predicted octanol–water partition coefficient (Wildman–Crippen LogP) is 0.587. The zero-order valence-corrected chi connectivity index (χ0v) is 11.8. The van der Waals surface area contributed by atoms with Crippen LogP contribution >= 0.6 is 0 Å². The Morgan fingerprint density at radius 3 is 2.60 bits per heavy atom. The Hall–Kier alpha value is -1.71. The number of hydrogen-bond donors (Lipinski definition) is 1. The van der Waals surface area contributed by atoms with Crippen molar-refractivity contribution in [2.24, 2.45) is 5.14 Å². The molecule has 0 amide bonds. The summed E-state index contributed by atoms with van der Waals surface area (Å²) in [5.41, 5.74) is 0.709. The molecule has 0 atom stereocenters. The minimum atomic E-state index is -3.54. The molecule has 0 saturated carbocycles. The van der Waals surface area contributed by atoms with Crippen LogP contribution < -0.4 is 9.88 Å². The molecule has 0 aliphatic carbocycles. The number of nitrogens with two attached hydrogens (primary N) is 1. The number of aryl methyl sites for hydroxylation is 1. The summed E-state index contributed by atoms with van der Waals surface area (Å²) in [6.45, 7) is 1.94. The predicted molar refractivity (Wildman–Crippen MR) is 72.1 cm³/mol. The van der Waals surface area contributed by atoms with Crippen LogP contribution in [-0.4, -0.2) is 38.9 Å². The van der Waals surface area contributed by atoms with Gasteiger partial charge in [0.05, 0.1) is 23.9 Å². The number of benzene rings is 1. The van der Waals surface area contributed by atoms with E-state index in [2.05, 4.69) is 0 Å². The SMILES string of the molecule is Cc1ccc([N+](=O)[O-])c(OCCOCCS(N)(=O)=O)c1. The first-order valence-electron chi connectivity index (χ1n) is 5.75. The molecule has 0 aliphatic heterocycles. The molecular formula is C11H16N2O6S. The fraction of sp³-hybridized carbons (Fsp3) is 0.455. The van der Waals surface area contributed by atoms with Gasteiger partial charge in [-0.1, -0.05) is 6.07 Å². The molecule has 1 aromatic rings. The minimum absolute atomic E-state index is 0.0435. The highest BCUT2D eigenvalue weighted by molar-refractivity contribution is 7.89. The highest BCUT2D eigenvalue weighted by Gasteiger charge is 2.14. The van der Waals surface area contributed by atoms with E-state index in [1.54, 1.807) is 19.1 Å². The summed E-state index contributed by atoms with van der Waals surface area (Å²) in [4.78, 5) is 10.3. The molecule has 0 fully saturated rings. The fourth-order valence-corrected chi connectivity index (χ4v) is 1.73.